The van der Waals surface area contributed by atoms with Gasteiger partial charge in [0, 0.05) is 25.9 Å². The van der Waals surface area contributed by atoms with Gasteiger partial charge in [-0.1, -0.05) is 5.16 Å². The zero-order valence-corrected chi connectivity index (χ0v) is 8.16. The van der Waals surface area contributed by atoms with Crippen molar-refractivity contribution in [2.75, 3.05) is 13.1 Å². The largest absolute Gasteiger partial charge is 0.411 e. The maximum absolute atomic E-state index is 11.0. The summed E-state index contributed by atoms with van der Waals surface area (Å²) in [6, 6.07) is 0. The first-order valence-corrected chi connectivity index (χ1v) is 4.59. The average molecular weight is 184 g/mol. The van der Waals surface area contributed by atoms with Crippen molar-refractivity contribution in [3.63, 3.8) is 0 Å². The van der Waals surface area contributed by atoms with Crippen molar-refractivity contribution in [3.05, 3.63) is 0 Å². The van der Waals surface area contributed by atoms with Crippen LogP contribution in [0.4, 0.5) is 0 Å². The van der Waals surface area contributed by atoms with Gasteiger partial charge in [-0.05, 0) is 19.8 Å². The predicted octanol–water partition coefficient (Wildman–Crippen LogP) is 1.09. The summed E-state index contributed by atoms with van der Waals surface area (Å²) >= 11 is 0. The van der Waals surface area contributed by atoms with Crippen molar-refractivity contribution in [3.8, 4) is 0 Å². The molecule has 0 aromatic carbocycles. The maximum Gasteiger partial charge on any atom is 0.219 e. The quantitative estimate of drug-likeness (QED) is 0.377. The van der Waals surface area contributed by atoms with Crippen LogP contribution in [0.5, 0.6) is 0 Å². The van der Waals surface area contributed by atoms with E-state index in [1.807, 2.05) is 11.8 Å². The molecule has 0 bridgehead atoms. The van der Waals surface area contributed by atoms with Gasteiger partial charge in [-0.25, -0.2) is 0 Å². The highest BCUT2D eigenvalue weighted by molar-refractivity contribution is 5.84. The molecule has 1 fully saturated rings. The first-order valence-electron chi connectivity index (χ1n) is 4.59. The first kappa shape index (κ1) is 10.0. The molecule has 1 rings (SSSR count). The summed E-state index contributed by atoms with van der Waals surface area (Å²) < 4.78 is 0. The molecule has 13 heavy (non-hydrogen) atoms. The number of likely N-dealkylation sites (tertiary alicyclic amines) is 1. The van der Waals surface area contributed by atoms with Gasteiger partial charge in [0.25, 0.3) is 0 Å². The molecular weight excluding hydrogens is 168 g/mol. The molecule has 4 heteroatoms. The zero-order valence-electron chi connectivity index (χ0n) is 8.16. The molecule has 1 aliphatic heterocycles. The minimum Gasteiger partial charge on any atom is -0.411 e. The molecule has 0 aliphatic carbocycles. The van der Waals surface area contributed by atoms with E-state index in [1.54, 1.807) is 6.92 Å². The number of nitrogens with zero attached hydrogens (tertiary/aromatic N) is 2. The van der Waals surface area contributed by atoms with Crippen LogP contribution in [0.25, 0.3) is 0 Å². The summed E-state index contributed by atoms with van der Waals surface area (Å²) in [5.41, 5.74) is 0.781. The molecule has 0 atom stereocenters. The first-order chi connectivity index (χ1) is 6.15. The molecule has 0 saturated carbocycles. The lowest BCUT2D eigenvalue weighted by Crippen LogP contribution is -2.38. The number of hydrogen-bond donors (Lipinski definition) is 1. The fourth-order valence-electron chi connectivity index (χ4n) is 1.69. The summed E-state index contributed by atoms with van der Waals surface area (Å²) in [7, 11) is 0. The van der Waals surface area contributed by atoms with Crippen LogP contribution in [0.1, 0.15) is 26.7 Å². The van der Waals surface area contributed by atoms with Gasteiger partial charge in [-0.3, -0.25) is 4.79 Å². The lowest BCUT2D eigenvalue weighted by atomic mass is 9.93. The van der Waals surface area contributed by atoms with Crippen LogP contribution in [-0.2, 0) is 4.79 Å². The summed E-state index contributed by atoms with van der Waals surface area (Å²) in [5, 5.41) is 11.8. The number of carbonyl (C=O) groups excluding carboxylic acids is 1. The van der Waals surface area contributed by atoms with E-state index in [0.29, 0.717) is 5.92 Å². The van der Waals surface area contributed by atoms with Gasteiger partial charge in [0.15, 0.2) is 0 Å². The van der Waals surface area contributed by atoms with Gasteiger partial charge in [0.05, 0.1) is 5.71 Å². The number of rotatable bonds is 1. The normalized spacial score (nSPS) is 20.5. The third-order valence-electron chi connectivity index (χ3n) is 2.69. The van der Waals surface area contributed by atoms with Crippen molar-refractivity contribution in [2.24, 2.45) is 11.1 Å². The Morgan fingerprint density at radius 1 is 1.38 bits per heavy atom. The summed E-state index contributed by atoms with van der Waals surface area (Å²) in [5.74, 6) is 0.484. The molecule has 1 amide bonds. The summed E-state index contributed by atoms with van der Waals surface area (Å²) in [6.07, 6.45) is 1.82. The standard InChI is InChI=1S/C9H16N2O2/c1-7(10-13)9-3-5-11(6-4-9)8(2)12/h9,13H,3-6H2,1-2H3/b10-7-. The Balaban J connectivity index is 2.43. The van der Waals surface area contributed by atoms with Crippen LogP contribution in [0.2, 0.25) is 0 Å². The van der Waals surface area contributed by atoms with Gasteiger partial charge in [-0.2, -0.15) is 0 Å². The second kappa shape index (κ2) is 4.25. The van der Waals surface area contributed by atoms with Crippen LogP contribution < -0.4 is 0 Å². The molecule has 1 heterocycles. The van der Waals surface area contributed by atoms with Gasteiger partial charge in [0.1, 0.15) is 0 Å². The third-order valence-corrected chi connectivity index (χ3v) is 2.69. The van der Waals surface area contributed by atoms with Gasteiger partial charge >= 0.3 is 0 Å². The Morgan fingerprint density at radius 2 is 1.92 bits per heavy atom. The highest BCUT2D eigenvalue weighted by Gasteiger charge is 2.22. The Bertz CT molecular complexity index is 218. The van der Waals surface area contributed by atoms with Gasteiger partial charge in [-0.15, -0.1) is 0 Å². The summed E-state index contributed by atoms with van der Waals surface area (Å²) in [6.45, 7) is 4.99. The van der Waals surface area contributed by atoms with Crippen molar-refractivity contribution >= 4 is 11.6 Å². The molecule has 1 N–H and O–H groups in total. The fraction of sp³-hybridized carbons (Fsp3) is 0.778. The van der Waals surface area contributed by atoms with E-state index < -0.39 is 0 Å². The van der Waals surface area contributed by atoms with Gasteiger partial charge < -0.3 is 10.1 Å². The Hall–Kier alpha value is -1.06. The smallest absolute Gasteiger partial charge is 0.219 e. The van der Waals surface area contributed by atoms with Crippen LogP contribution >= 0.6 is 0 Å². The van der Waals surface area contributed by atoms with Crippen molar-refractivity contribution in [2.45, 2.75) is 26.7 Å². The van der Waals surface area contributed by atoms with E-state index in [-0.39, 0.29) is 5.91 Å². The minimum absolute atomic E-state index is 0.136. The predicted molar refractivity (Wildman–Crippen MR) is 49.9 cm³/mol. The minimum atomic E-state index is 0.136. The van der Waals surface area contributed by atoms with Crippen LogP contribution in [0.15, 0.2) is 5.16 Å². The number of carbonyl (C=O) groups is 1. The number of hydrogen-bond acceptors (Lipinski definition) is 3. The molecule has 4 nitrogen and oxygen atoms in total. The third kappa shape index (κ3) is 2.44. The number of piperidine rings is 1. The van der Waals surface area contributed by atoms with E-state index in [4.69, 9.17) is 5.21 Å². The SMILES string of the molecule is CC(=O)N1CCC(/C(C)=N\O)CC1. The van der Waals surface area contributed by atoms with E-state index in [0.717, 1.165) is 31.6 Å². The second-order valence-electron chi connectivity index (χ2n) is 3.52. The van der Waals surface area contributed by atoms with E-state index >= 15 is 0 Å². The average Bonchev–Trinajstić information content (AvgIpc) is 2.17. The van der Waals surface area contributed by atoms with Crippen LogP contribution in [0.3, 0.4) is 0 Å². The second-order valence-corrected chi connectivity index (χ2v) is 3.52. The Kier molecular flexibility index (Phi) is 3.28. The zero-order chi connectivity index (χ0) is 9.84. The molecule has 0 spiro atoms. The molecule has 1 aliphatic rings. The number of oxime groups is 1. The fourth-order valence-corrected chi connectivity index (χ4v) is 1.69. The Morgan fingerprint density at radius 3 is 2.31 bits per heavy atom. The van der Waals surface area contributed by atoms with Crippen molar-refractivity contribution < 1.29 is 10.0 Å². The molecule has 74 valence electrons. The van der Waals surface area contributed by atoms with Crippen LogP contribution in [-0.4, -0.2) is 34.8 Å². The Labute approximate surface area is 78.2 Å². The highest BCUT2D eigenvalue weighted by atomic mass is 16.4. The topological polar surface area (TPSA) is 52.9 Å². The van der Waals surface area contributed by atoms with E-state index in [9.17, 15) is 4.79 Å². The molecule has 0 radical (unpaired) electrons. The summed E-state index contributed by atoms with van der Waals surface area (Å²) in [4.78, 5) is 12.8. The van der Waals surface area contributed by atoms with E-state index in [1.165, 1.54) is 0 Å². The maximum atomic E-state index is 11.0. The van der Waals surface area contributed by atoms with Crippen molar-refractivity contribution in [1.29, 1.82) is 0 Å². The monoisotopic (exact) mass is 184 g/mol. The van der Waals surface area contributed by atoms with Crippen molar-refractivity contribution in [1.82, 2.24) is 4.90 Å². The molecule has 1 saturated heterocycles. The van der Waals surface area contributed by atoms with E-state index in [2.05, 4.69) is 5.16 Å². The van der Waals surface area contributed by atoms with Crippen LogP contribution in [0, 0.1) is 5.92 Å². The highest BCUT2D eigenvalue weighted by Crippen LogP contribution is 2.18. The molecule has 0 aromatic heterocycles. The molecule has 0 aromatic rings. The lowest BCUT2D eigenvalue weighted by Gasteiger charge is -2.30. The lowest BCUT2D eigenvalue weighted by molar-refractivity contribution is -0.129. The van der Waals surface area contributed by atoms with Gasteiger partial charge in [0.2, 0.25) is 5.91 Å². The molecular formula is C9H16N2O2. The number of amides is 1. The molecule has 0 unspecified atom stereocenters.